The number of piperidine rings is 1. The van der Waals surface area contributed by atoms with Crippen LogP contribution >= 0.6 is 0 Å². The average Bonchev–Trinajstić information content (AvgIpc) is 2.52. The first-order valence-corrected chi connectivity index (χ1v) is 7.60. The number of anilines is 1. The SMILES string of the molecule is COCCOCCOc1ccccc1N1CCC(N)CC1. The molecule has 1 aromatic rings. The van der Waals surface area contributed by atoms with E-state index in [1.54, 1.807) is 7.11 Å². The molecule has 1 heterocycles. The van der Waals surface area contributed by atoms with E-state index in [0.29, 0.717) is 32.5 Å². The molecule has 118 valence electrons. The Hall–Kier alpha value is -1.30. The van der Waals surface area contributed by atoms with Crippen LogP contribution in [0.15, 0.2) is 24.3 Å². The Bertz CT molecular complexity index is 406. The lowest BCUT2D eigenvalue weighted by Gasteiger charge is -2.33. The zero-order valence-corrected chi connectivity index (χ0v) is 12.8. The molecule has 21 heavy (non-hydrogen) atoms. The topological polar surface area (TPSA) is 57.0 Å². The van der Waals surface area contributed by atoms with E-state index in [2.05, 4.69) is 11.0 Å². The minimum Gasteiger partial charge on any atom is -0.489 e. The maximum Gasteiger partial charge on any atom is 0.142 e. The van der Waals surface area contributed by atoms with E-state index >= 15 is 0 Å². The van der Waals surface area contributed by atoms with Crippen molar-refractivity contribution in [2.75, 3.05) is 51.5 Å². The van der Waals surface area contributed by atoms with Crippen LogP contribution in [0.1, 0.15) is 12.8 Å². The lowest BCUT2D eigenvalue weighted by Crippen LogP contribution is -2.39. The number of nitrogens with two attached hydrogens (primary N) is 1. The second-order valence-electron chi connectivity index (χ2n) is 5.25. The molecule has 1 saturated heterocycles. The van der Waals surface area contributed by atoms with Crippen LogP contribution < -0.4 is 15.4 Å². The Kier molecular flexibility index (Phi) is 6.79. The Labute approximate surface area is 127 Å². The van der Waals surface area contributed by atoms with Gasteiger partial charge in [-0.2, -0.15) is 0 Å². The van der Waals surface area contributed by atoms with Crippen molar-refractivity contribution >= 4 is 5.69 Å². The number of hydrogen-bond donors (Lipinski definition) is 1. The van der Waals surface area contributed by atoms with Gasteiger partial charge in [-0.3, -0.25) is 0 Å². The summed E-state index contributed by atoms with van der Waals surface area (Å²) in [4.78, 5) is 2.35. The number of para-hydroxylation sites is 2. The van der Waals surface area contributed by atoms with Crippen molar-refractivity contribution in [3.05, 3.63) is 24.3 Å². The first kappa shape index (κ1) is 16.1. The fourth-order valence-corrected chi connectivity index (χ4v) is 2.44. The molecule has 0 aliphatic carbocycles. The van der Waals surface area contributed by atoms with E-state index in [-0.39, 0.29) is 0 Å². The third kappa shape index (κ3) is 5.19. The third-order valence-corrected chi connectivity index (χ3v) is 3.66. The van der Waals surface area contributed by atoms with Gasteiger partial charge in [0.05, 0.1) is 25.5 Å². The second kappa shape index (κ2) is 8.87. The number of ether oxygens (including phenoxy) is 3. The molecule has 0 aromatic heterocycles. The Morgan fingerprint density at radius 3 is 2.57 bits per heavy atom. The quantitative estimate of drug-likeness (QED) is 0.739. The summed E-state index contributed by atoms with van der Waals surface area (Å²) in [6, 6.07) is 8.51. The van der Waals surface area contributed by atoms with Gasteiger partial charge in [0.25, 0.3) is 0 Å². The van der Waals surface area contributed by atoms with Gasteiger partial charge in [-0.15, -0.1) is 0 Å². The number of rotatable bonds is 8. The van der Waals surface area contributed by atoms with Crippen LogP contribution in [0, 0.1) is 0 Å². The average molecular weight is 294 g/mol. The van der Waals surface area contributed by atoms with Gasteiger partial charge in [0.15, 0.2) is 0 Å². The molecule has 0 bridgehead atoms. The summed E-state index contributed by atoms with van der Waals surface area (Å²) in [5, 5.41) is 0. The molecule has 0 spiro atoms. The zero-order chi connectivity index (χ0) is 14.9. The summed E-state index contributed by atoms with van der Waals surface area (Å²) in [7, 11) is 1.67. The molecule has 0 radical (unpaired) electrons. The molecule has 0 saturated carbocycles. The van der Waals surface area contributed by atoms with Gasteiger partial charge in [-0.1, -0.05) is 12.1 Å². The zero-order valence-electron chi connectivity index (χ0n) is 12.8. The van der Waals surface area contributed by atoms with Crippen molar-refractivity contribution in [1.82, 2.24) is 0 Å². The minimum absolute atomic E-state index is 0.337. The largest absolute Gasteiger partial charge is 0.489 e. The molecule has 1 aliphatic rings. The number of methoxy groups -OCH3 is 1. The maximum atomic E-state index is 5.97. The van der Waals surface area contributed by atoms with Crippen molar-refractivity contribution in [3.63, 3.8) is 0 Å². The Balaban J connectivity index is 1.82. The third-order valence-electron chi connectivity index (χ3n) is 3.66. The van der Waals surface area contributed by atoms with Crippen molar-refractivity contribution < 1.29 is 14.2 Å². The number of benzene rings is 1. The Morgan fingerprint density at radius 1 is 1.10 bits per heavy atom. The normalized spacial score (nSPS) is 16.2. The van der Waals surface area contributed by atoms with Gasteiger partial charge < -0.3 is 24.8 Å². The van der Waals surface area contributed by atoms with E-state index in [1.165, 1.54) is 0 Å². The molecule has 5 nitrogen and oxygen atoms in total. The molecule has 2 N–H and O–H groups in total. The fraction of sp³-hybridized carbons (Fsp3) is 0.625. The van der Waals surface area contributed by atoms with E-state index in [1.807, 2.05) is 18.2 Å². The van der Waals surface area contributed by atoms with Gasteiger partial charge in [-0.25, -0.2) is 0 Å². The van der Waals surface area contributed by atoms with E-state index in [0.717, 1.165) is 37.4 Å². The van der Waals surface area contributed by atoms with Crippen LogP contribution in [0.3, 0.4) is 0 Å². The first-order valence-electron chi connectivity index (χ1n) is 7.60. The molecular weight excluding hydrogens is 268 g/mol. The summed E-state index contributed by atoms with van der Waals surface area (Å²) >= 11 is 0. The Morgan fingerprint density at radius 2 is 1.81 bits per heavy atom. The lowest BCUT2D eigenvalue weighted by molar-refractivity contribution is 0.0545. The summed E-state index contributed by atoms with van der Waals surface area (Å²) in [5.41, 5.74) is 7.12. The summed E-state index contributed by atoms with van der Waals surface area (Å²) in [6.07, 6.45) is 2.07. The fourth-order valence-electron chi connectivity index (χ4n) is 2.44. The van der Waals surface area contributed by atoms with Crippen LogP contribution in [0.2, 0.25) is 0 Å². The molecular formula is C16H26N2O3. The molecule has 0 atom stereocenters. The van der Waals surface area contributed by atoms with Crippen molar-refractivity contribution in [1.29, 1.82) is 0 Å². The highest BCUT2D eigenvalue weighted by Crippen LogP contribution is 2.29. The van der Waals surface area contributed by atoms with Crippen molar-refractivity contribution in [2.24, 2.45) is 5.73 Å². The standard InChI is InChI=1S/C16H26N2O3/c1-19-10-11-20-12-13-21-16-5-3-2-4-15(16)18-8-6-14(17)7-9-18/h2-5,14H,6-13,17H2,1H3. The summed E-state index contributed by atoms with van der Waals surface area (Å²) in [5.74, 6) is 0.920. The molecule has 0 amide bonds. The molecule has 1 fully saturated rings. The van der Waals surface area contributed by atoms with Gasteiger partial charge in [-0.05, 0) is 25.0 Å². The van der Waals surface area contributed by atoms with Crippen LogP contribution in [0.5, 0.6) is 5.75 Å². The van der Waals surface area contributed by atoms with Crippen molar-refractivity contribution in [2.45, 2.75) is 18.9 Å². The van der Waals surface area contributed by atoms with E-state index < -0.39 is 0 Å². The van der Waals surface area contributed by atoms with E-state index in [4.69, 9.17) is 19.9 Å². The highest BCUT2D eigenvalue weighted by molar-refractivity contribution is 5.58. The predicted molar refractivity (Wildman–Crippen MR) is 84.1 cm³/mol. The molecule has 2 rings (SSSR count). The lowest BCUT2D eigenvalue weighted by atomic mass is 10.1. The number of nitrogens with zero attached hydrogens (tertiary/aromatic N) is 1. The van der Waals surface area contributed by atoms with Gasteiger partial charge in [0, 0.05) is 26.2 Å². The minimum atomic E-state index is 0.337. The van der Waals surface area contributed by atoms with Crippen LogP contribution in [0.25, 0.3) is 0 Å². The van der Waals surface area contributed by atoms with Gasteiger partial charge >= 0.3 is 0 Å². The first-order chi connectivity index (χ1) is 10.3. The predicted octanol–water partition coefficient (Wildman–Crippen LogP) is 1.66. The van der Waals surface area contributed by atoms with E-state index in [9.17, 15) is 0 Å². The molecule has 1 aliphatic heterocycles. The van der Waals surface area contributed by atoms with Crippen LogP contribution in [-0.4, -0.2) is 52.7 Å². The highest BCUT2D eigenvalue weighted by Gasteiger charge is 2.18. The van der Waals surface area contributed by atoms with Crippen LogP contribution in [0.4, 0.5) is 5.69 Å². The molecule has 5 heteroatoms. The second-order valence-corrected chi connectivity index (χ2v) is 5.25. The number of hydrogen-bond acceptors (Lipinski definition) is 5. The van der Waals surface area contributed by atoms with Gasteiger partial charge in [0.1, 0.15) is 12.4 Å². The van der Waals surface area contributed by atoms with Crippen LogP contribution in [-0.2, 0) is 9.47 Å². The molecule has 0 unspecified atom stereocenters. The summed E-state index contributed by atoms with van der Waals surface area (Å²) in [6.45, 7) is 4.32. The molecule has 1 aromatic carbocycles. The smallest absolute Gasteiger partial charge is 0.142 e. The monoisotopic (exact) mass is 294 g/mol. The van der Waals surface area contributed by atoms with Crippen molar-refractivity contribution in [3.8, 4) is 5.75 Å². The summed E-state index contributed by atoms with van der Waals surface area (Å²) < 4.78 is 16.2. The van der Waals surface area contributed by atoms with Gasteiger partial charge in [0.2, 0.25) is 0 Å². The highest BCUT2D eigenvalue weighted by atomic mass is 16.5. The maximum absolute atomic E-state index is 5.97.